The van der Waals surface area contributed by atoms with Crippen LogP contribution in [0.25, 0.3) is 0 Å². The van der Waals surface area contributed by atoms with Crippen LogP contribution in [-0.2, 0) is 4.74 Å². The van der Waals surface area contributed by atoms with Gasteiger partial charge in [0.2, 0.25) is 0 Å². The van der Waals surface area contributed by atoms with Crippen LogP contribution in [0.15, 0.2) is 24.3 Å². The molecule has 17 heavy (non-hydrogen) atoms. The first-order valence-corrected chi connectivity index (χ1v) is 5.83. The Hall–Kier alpha value is -1.26. The lowest BCUT2D eigenvalue weighted by atomic mass is 10.2. The van der Waals surface area contributed by atoms with Crippen LogP contribution in [0, 0.1) is 0 Å². The maximum Gasteiger partial charge on any atom is 0.0698 e. The maximum atomic E-state index is 8.62. The minimum Gasteiger partial charge on any atom is -0.394 e. The molecule has 0 aliphatic carbocycles. The van der Waals surface area contributed by atoms with Crippen LogP contribution >= 0.6 is 0 Å². The molecule has 4 nitrogen and oxygen atoms in total. The van der Waals surface area contributed by atoms with E-state index < -0.39 is 0 Å². The highest BCUT2D eigenvalue weighted by Gasteiger charge is 2.07. The predicted molar refractivity (Wildman–Crippen MR) is 71.9 cm³/mol. The van der Waals surface area contributed by atoms with Gasteiger partial charge in [0.25, 0.3) is 0 Å². The molecule has 0 saturated heterocycles. The molecule has 0 bridgehead atoms. The molecule has 1 N–H and O–H groups in total. The van der Waals surface area contributed by atoms with E-state index in [0.717, 1.165) is 6.54 Å². The molecule has 1 aromatic carbocycles. The molecule has 0 aromatic heterocycles. The van der Waals surface area contributed by atoms with Gasteiger partial charge in [-0.05, 0) is 12.1 Å². The van der Waals surface area contributed by atoms with Crippen LogP contribution in [0.2, 0.25) is 0 Å². The molecule has 0 fully saturated rings. The highest BCUT2D eigenvalue weighted by atomic mass is 16.5. The van der Waals surface area contributed by atoms with Crippen molar-refractivity contribution in [3.8, 4) is 0 Å². The number of aliphatic hydroxyl groups excluding tert-OH is 1. The van der Waals surface area contributed by atoms with Crippen molar-refractivity contribution in [2.45, 2.75) is 0 Å². The van der Waals surface area contributed by atoms with Gasteiger partial charge in [-0.15, -0.1) is 0 Å². The quantitative estimate of drug-likeness (QED) is 0.724. The van der Waals surface area contributed by atoms with Crippen LogP contribution in [0.5, 0.6) is 0 Å². The van der Waals surface area contributed by atoms with Crippen molar-refractivity contribution in [3.63, 3.8) is 0 Å². The third kappa shape index (κ3) is 4.24. The Balaban J connectivity index is 2.58. The lowest BCUT2D eigenvalue weighted by molar-refractivity contribution is 0.0971. The smallest absolute Gasteiger partial charge is 0.0698 e. The summed E-state index contributed by atoms with van der Waals surface area (Å²) in [5.41, 5.74) is 2.38. The molecule has 0 saturated carbocycles. The van der Waals surface area contributed by atoms with Gasteiger partial charge in [-0.1, -0.05) is 12.1 Å². The number of likely N-dealkylation sites (N-methyl/N-ethyl adjacent to an activating group) is 1. The number of anilines is 2. The van der Waals surface area contributed by atoms with E-state index in [1.807, 2.05) is 33.3 Å². The molecule has 0 aliphatic rings. The fraction of sp³-hybridized carbons (Fsp3) is 0.538. The van der Waals surface area contributed by atoms with Gasteiger partial charge in [-0.2, -0.15) is 0 Å². The molecular formula is C13H22N2O2. The Bertz CT molecular complexity index is 329. The molecule has 0 atom stereocenters. The second-order valence-electron chi connectivity index (χ2n) is 4.14. The lowest BCUT2D eigenvalue weighted by Gasteiger charge is -2.25. The molecule has 4 heteroatoms. The van der Waals surface area contributed by atoms with E-state index in [-0.39, 0.29) is 6.61 Å². The topological polar surface area (TPSA) is 35.9 Å². The molecule has 0 spiro atoms. The van der Waals surface area contributed by atoms with Gasteiger partial charge in [0.15, 0.2) is 0 Å². The average Bonchev–Trinajstić information content (AvgIpc) is 2.34. The fourth-order valence-corrected chi connectivity index (χ4v) is 1.65. The van der Waals surface area contributed by atoms with Crippen LogP contribution in [-0.4, -0.2) is 52.6 Å². The SMILES string of the molecule is CN(C)c1ccccc1N(C)CCOCCO. The summed E-state index contributed by atoms with van der Waals surface area (Å²) < 4.78 is 5.27. The number of benzene rings is 1. The van der Waals surface area contributed by atoms with E-state index in [4.69, 9.17) is 9.84 Å². The van der Waals surface area contributed by atoms with Gasteiger partial charge >= 0.3 is 0 Å². The summed E-state index contributed by atoms with van der Waals surface area (Å²) >= 11 is 0. The van der Waals surface area contributed by atoms with Gasteiger partial charge in [-0.25, -0.2) is 0 Å². The Kier molecular flexibility index (Phi) is 5.80. The zero-order chi connectivity index (χ0) is 12.7. The highest BCUT2D eigenvalue weighted by Crippen LogP contribution is 2.26. The van der Waals surface area contributed by atoms with E-state index in [1.54, 1.807) is 0 Å². The van der Waals surface area contributed by atoms with Crippen LogP contribution in [0.1, 0.15) is 0 Å². The molecule has 0 heterocycles. The summed E-state index contributed by atoms with van der Waals surface area (Å²) in [6, 6.07) is 8.27. The van der Waals surface area contributed by atoms with Crippen molar-refractivity contribution in [2.75, 3.05) is 57.3 Å². The normalized spacial score (nSPS) is 10.4. The number of hydrogen-bond donors (Lipinski definition) is 1. The van der Waals surface area contributed by atoms with Crippen molar-refractivity contribution in [2.24, 2.45) is 0 Å². The van der Waals surface area contributed by atoms with Crippen molar-refractivity contribution in [1.82, 2.24) is 0 Å². The van der Waals surface area contributed by atoms with Crippen molar-refractivity contribution < 1.29 is 9.84 Å². The minimum atomic E-state index is 0.0813. The molecule has 0 unspecified atom stereocenters. The van der Waals surface area contributed by atoms with Crippen LogP contribution < -0.4 is 9.80 Å². The molecule has 0 aliphatic heterocycles. The Morgan fingerprint density at radius 3 is 2.29 bits per heavy atom. The summed E-state index contributed by atoms with van der Waals surface area (Å²) in [7, 11) is 6.12. The lowest BCUT2D eigenvalue weighted by Crippen LogP contribution is -2.25. The third-order valence-corrected chi connectivity index (χ3v) is 2.58. The standard InChI is InChI=1S/C13H22N2O2/c1-14(2)12-6-4-5-7-13(12)15(3)8-10-17-11-9-16/h4-7,16H,8-11H2,1-3H3. The Morgan fingerprint density at radius 2 is 1.71 bits per heavy atom. The Morgan fingerprint density at radius 1 is 1.06 bits per heavy atom. The molecule has 1 aromatic rings. The highest BCUT2D eigenvalue weighted by molar-refractivity contribution is 5.70. The third-order valence-electron chi connectivity index (χ3n) is 2.58. The average molecular weight is 238 g/mol. The van der Waals surface area contributed by atoms with Crippen LogP contribution in [0.4, 0.5) is 11.4 Å². The van der Waals surface area contributed by atoms with E-state index in [0.29, 0.717) is 13.2 Å². The first-order chi connectivity index (χ1) is 8.16. The first kappa shape index (κ1) is 13.8. The zero-order valence-corrected chi connectivity index (χ0v) is 10.9. The summed E-state index contributed by atoms with van der Waals surface area (Å²) in [6.45, 7) is 1.92. The zero-order valence-electron chi connectivity index (χ0n) is 10.9. The number of rotatable bonds is 7. The number of hydrogen-bond acceptors (Lipinski definition) is 4. The number of para-hydroxylation sites is 2. The molecule has 1 rings (SSSR count). The number of aliphatic hydroxyl groups is 1. The molecule has 0 radical (unpaired) electrons. The summed E-state index contributed by atoms with van der Waals surface area (Å²) in [5, 5.41) is 8.62. The summed E-state index contributed by atoms with van der Waals surface area (Å²) in [6.07, 6.45) is 0. The van der Waals surface area contributed by atoms with Gasteiger partial charge < -0.3 is 19.6 Å². The second-order valence-corrected chi connectivity index (χ2v) is 4.14. The van der Waals surface area contributed by atoms with Crippen molar-refractivity contribution in [3.05, 3.63) is 24.3 Å². The second kappa shape index (κ2) is 7.14. The maximum absolute atomic E-state index is 8.62. The van der Waals surface area contributed by atoms with E-state index >= 15 is 0 Å². The van der Waals surface area contributed by atoms with E-state index in [9.17, 15) is 0 Å². The number of nitrogens with zero attached hydrogens (tertiary/aromatic N) is 2. The van der Waals surface area contributed by atoms with Gasteiger partial charge in [0, 0.05) is 27.7 Å². The van der Waals surface area contributed by atoms with Crippen molar-refractivity contribution in [1.29, 1.82) is 0 Å². The minimum absolute atomic E-state index is 0.0813. The molecule has 96 valence electrons. The first-order valence-electron chi connectivity index (χ1n) is 5.83. The van der Waals surface area contributed by atoms with Gasteiger partial charge in [0.1, 0.15) is 0 Å². The fourth-order valence-electron chi connectivity index (χ4n) is 1.65. The monoisotopic (exact) mass is 238 g/mol. The molecule has 0 amide bonds. The predicted octanol–water partition coefficient (Wildman–Crippen LogP) is 1.20. The summed E-state index contributed by atoms with van der Waals surface area (Å²) in [5.74, 6) is 0. The van der Waals surface area contributed by atoms with E-state index in [2.05, 4.69) is 21.9 Å². The number of ether oxygens (including phenoxy) is 1. The van der Waals surface area contributed by atoms with Crippen LogP contribution in [0.3, 0.4) is 0 Å². The largest absolute Gasteiger partial charge is 0.394 e. The van der Waals surface area contributed by atoms with Crippen molar-refractivity contribution >= 4 is 11.4 Å². The molecular weight excluding hydrogens is 216 g/mol. The van der Waals surface area contributed by atoms with Gasteiger partial charge in [-0.3, -0.25) is 0 Å². The summed E-state index contributed by atoms with van der Waals surface area (Å²) in [4.78, 5) is 4.26. The van der Waals surface area contributed by atoms with E-state index in [1.165, 1.54) is 11.4 Å². The van der Waals surface area contributed by atoms with Gasteiger partial charge in [0.05, 0.1) is 31.2 Å². The Labute approximate surface area is 103 Å².